The number of aromatic nitrogens is 1. The Balaban J connectivity index is 1.92. The number of ether oxygens (including phenoxy) is 2. The SMILES string of the molecule is COc1nc(-c2cccc(F)c2)sc1C(=O)N1CCCOC1. The summed E-state index contributed by atoms with van der Waals surface area (Å²) in [7, 11) is 1.47. The van der Waals surface area contributed by atoms with Crippen LogP contribution in [0, 0.1) is 5.82 Å². The highest BCUT2D eigenvalue weighted by Gasteiger charge is 2.26. The summed E-state index contributed by atoms with van der Waals surface area (Å²) in [4.78, 5) is 18.9. The van der Waals surface area contributed by atoms with Crippen LogP contribution in [-0.4, -0.2) is 42.8 Å². The lowest BCUT2D eigenvalue weighted by Gasteiger charge is -2.26. The van der Waals surface area contributed by atoms with Crippen molar-refractivity contribution in [1.82, 2.24) is 9.88 Å². The molecular formula is C15H15FN2O3S. The third-order valence-electron chi connectivity index (χ3n) is 3.31. The standard InChI is InChI=1S/C15H15FN2O3S/c1-20-13-12(15(19)18-6-3-7-21-9-18)22-14(17-13)10-4-2-5-11(16)8-10/h2,4-5,8H,3,6-7,9H2,1H3. The van der Waals surface area contributed by atoms with E-state index < -0.39 is 0 Å². The average molecular weight is 322 g/mol. The van der Waals surface area contributed by atoms with Crippen LogP contribution in [0.25, 0.3) is 10.6 Å². The van der Waals surface area contributed by atoms with Crippen LogP contribution in [0.2, 0.25) is 0 Å². The second-order valence-electron chi connectivity index (χ2n) is 4.83. The lowest BCUT2D eigenvalue weighted by molar-refractivity contribution is -0.00558. The van der Waals surface area contributed by atoms with Crippen LogP contribution in [0.3, 0.4) is 0 Å². The van der Waals surface area contributed by atoms with Crippen LogP contribution < -0.4 is 4.74 Å². The Morgan fingerprint density at radius 3 is 3.05 bits per heavy atom. The van der Waals surface area contributed by atoms with Crippen molar-refractivity contribution >= 4 is 17.2 Å². The van der Waals surface area contributed by atoms with Crippen molar-refractivity contribution in [3.63, 3.8) is 0 Å². The van der Waals surface area contributed by atoms with Gasteiger partial charge in [0.1, 0.15) is 17.6 Å². The summed E-state index contributed by atoms with van der Waals surface area (Å²) in [6.45, 7) is 1.59. The molecule has 0 N–H and O–H groups in total. The molecule has 0 aliphatic carbocycles. The van der Waals surface area contributed by atoms with E-state index in [2.05, 4.69) is 4.98 Å². The minimum atomic E-state index is -0.344. The van der Waals surface area contributed by atoms with E-state index in [9.17, 15) is 9.18 Å². The molecule has 1 fully saturated rings. The van der Waals surface area contributed by atoms with Gasteiger partial charge < -0.3 is 14.4 Å². The van der Waals surface area contributed by atoms with Gasteiger partial charge in [-0.05, 0) is 18.6 Å². The number of nitrogens with zero attached hydrogens (tertiary/aromatic N) is 2. The second kappa shape index (κ2) is 6.41. The lowest BCUT2D eigenvalue weighted by atomic mass is 10.2. The van der Waals surface area contributed by atoms with Gasteiger partial charge in [0, 0.05) is 12.1 Å². The van der Waals surface area contributed by atoms with Gasteiger partial charge in [0.2, 0.25) is 5.88 Å². The van der Waals surface area contributed by atoms with Crippen LogP contribution in [0.4, 0.5) is 4.39 Å². The summed E-state index contributed by atoms with van der Waals surface area (Å²) in [6.07, 6.45) is 0.809. The van der Waals surface area contributed by atoms with Gasteiger partial charge in [-0.2, -0.15) is 0 Å². The molecular weight excluding hydrogens is 307 g/mol. The minimum absolute atomic E-state index is 0.170. The number of methoxy groups -OCH3 is 1. The molecule has 0 atom stereocenters. The zero-order valence-corrected chi connectivity index (χ0v) is 12.9. The molecule has 0 spiro atoms. The number of benzene rings is 1. The Bertz CT molecular complexity index is 683. The molecule has 2 aromatic rings. The molecule has 2 heterocycles. The Hall–Kier alpha value is -1.99. The van der Waals surface area contributed by atoms with Gasteiger partial charge in [-0.1, -0.05) is 12.1 Å². The first kappa shape index (κ1) is 14.9. The molecule has 7 heteroatoms. The summed E-state index contributed by atoms with van der Waals surface area (Å²) in [5, 5.41) is 0.553. The van der Waals surface area contributed by atoms with Gasteiger partial charge in [-0.15, -0.1) is 11.3 Å². The van der Waals surface area contributed by atoms with Crippen molar-refractivity contribution in [3.8, 4) is 16.5 Å². The van der Waals surface area contributed by atoms with E-state index in [-0.39, 0.29) is 24.3 Å². The predicted octanol–water partition coefficient (Wildman–Crippen LogP) is 2.78. The molecule has 22 heavy (non-hydrogen) atoms. The van der Waals surface area contributed by atoms with Gasteiger partial charge in [0.25, 0.3) is 5.91 Å². The predicted molar refractivity (Wildman–Crippen MR) is 80.5 cm³/mol. The molecule has 0 saturated carbocycles. The van der Waals surface area contributed by atoms with E-state index in [0.717, 1.165) is 6.42 Å². The second-order valence-corrected chi connectivity index (χ2v) is 5.83. The van der Waals surface area contributed by atoms with Crippen molar-refractivity contribution in [1.29, 1.82) is 0 Å². The van der Waals surface area contributed by atoms with Gasteiger partial charge in [0.05, 0.1) is 13.7 Å². The van der Waals surface area contributed by atoms with E-state index in [0.29, 0.717) is 28.6 Å². The fraction of sp³-hybridized carbons (Fsp3) is 0.333. The van der Waals surface area contributed by atoms with E-state index in [1.165, 1.54) is 30.6 Å². The van der Waals surface area contributed by atoms with Gasteiger partial charge in [-0.3, -0.25) is 4.79 Å². The van der Waals surface area contributed by atoms with Crippen molar-refractivity contribution in [2.75, 3.05) is 27.0 Å². The molecule has 1 aliphatic rings. The van der Waals surface area contributed by atoms with Crippen LogP contribution in [0.5, 0.6) is 5.88 Å². The molecule has 1 amide bonds. The quantitative estimate of drug-likeness (QED) is 0.872. The number of hydrogen-bond acceptors (Lipinski definition) is 5. The number of amides is 1. The summed E-state index contributed by atoms with van der Waals surface area (Å²) in [6, 6.07) is 6.11. The summed E-state index contributed by atoms with van der Waals surface area (Å²) in [5.74, 6) is -0.250. The number of halogens is 1. The van der Waals surface area contributed by atoms with Gasteiger partial charge in [-0.25, -0.2) is 9.37 Å². The Labute approximate surface area is 131 Å². The third kappa shape index (κ3) is 2.95. The highest BCUT2D eigenvalue weighted by Crippen LogP contribution is 2.33. The average Bonchev–Trinajstić information content (AvgIpc) is 2.99. The number of hydrogen-bond donors (Lipinski definition) is 0. The largest absolute Gasteiger partial charge is 0.480 e. The highest BCUT2D eigenvalue weighted by atomic mass is 32.1. The Kier molecular flexibility index (Phi) is 4.35. The minimum Gasteiger partial charge on any atom is -0.480 e. The maximum Gasteiger partial charge on any atom is 0.271 e. The molecule has 1 saturated heterocycles. The van der Waals surface area contributed by atoms with Crippen molar-refractivity contribution in [2.24, 2.45) is 0 Å². The van der Waals surface area contributed by atoms with E-state index in [1.807, 2.05) is 0 Å². The number of carbonyl (C=O) groups excluding carboxylic acids is 1. The number of carbonyl (C=O) groups is 1. The fourth-order valence-electron chi connectivity index (χ4n) is 2.23. The molecule has 0 radical (unpaired) electrons. The number of thiazole rings is 1. The van der Waals surface area contributed by atoms with Crippen LogP contribution >= 0.6 is 11.3 Å². The van der Waals surface area contributed by atoms with E-state index in [1.54, 1.807) is 17.0 Å². The monoisotopic (exact) mass is 322 g/mol. The molecule has 5 nitrogen and oxygen atoms in total. The van der Waals surface area contributed by atoms with Crippen LogP contribution in [-0.2, 0) is 4.74 Å². The Morgan fingerprint density at radius 2 is 2.36 bits per heavy atom. The van der Waals surface area contributed by atoms with Crippen molar-refractivity contribution < 1.29 is 18.7 Å². The molecule has 3 rings (SSSR count). The Morgan fingerprint density at radius 1 is 1.50 bits per heavy atom. The third-order valence-corrected chi connectivity index (χ3v) is 4.38. The highest BCUT2D eigenvalue weighted by molar-refractivity contribution is 7.17. The zero-order chi connectivity index (χ0) is 15.5. The molecule has 1 aromatic carbocycles. The van der Waals surface area contributed by atoms with Gasteiger partial charge in [0.15, 0.2) is 4.88 Å². The van der Waals surface area contributed by atoms with Crippen LogP contribution in [0.1, 0.15) is 16.1 Å². The summed E-state index contributed by atoms with van der Waals surface area (Å²) >= 11 is 1.20. The zero-order valence-electron chi connectivity index (χ0n) is 12.0. The molecule has 1 aliphatic heterocycles. The maximum atomic E-state index is 13.3. The fourth-order valence-corrected chi connectivity index (χ4v) is 3.22. The topological polar surface area (TPSA) is 51.7 Å². The molecule has 0 unspecified atom stereocenters. The molecule has 116 valence electrons. The molecule has 0 bridgehead atoms. The van der Waals surface area contributed by atoms with E-state index in [4.69, 9.17) is 9.47 Å². The smallest absolute Gasteiger partial charge is 0.271 e. The van der Waals surface area contributed by atoms with Gasteiger partial charge >= 0.3 is 0 Å². The van der Waals surface area contributed by atoms with Crippen molar-refractivity contribution in [2.45, 2.75) is 6.42 Å². The summed E-state index contributed by atoms with van der Waals surface area (Å²) in [5.41, 5.74) is 0.622. The summed E-state index contributed by atoms with van der Waals surface area (Å²) < 4.78 is 23.9. The van der Waals surface area contributed by atoms with Crippen LogP contribution in [0.15, 0.2) is 24.3 Å². The lowest BCUT2D eigenvalue weighted by Crippen LogP contribution is -2.37. The number of rotatable bonds is 3. The van der Waals surface area contributed by atoms with E-state index >= 15 is 0 Å². The maximum absolute atomic E-state index is 13.3. The normalized spacial score (nSPS) is 14.9. The first-order valence-corrected chi connectivity index (χ1v) is 7.68. The first-order chi connectivity index (χ1) is 10.7. The van der Waals surface area contributed by atoms with Crippen molar-refractivity contribution in [3.05, 3.63) is 35.0 Å². The first-order valence-electron chi connectivity index (χ1n) is 6.87. The molecule has 1 aromatic heterocycles.